The first-order chi connectivity index (χ1) is 12.1. The van der Waals surface area contributed by atoms with Crippen molar-refractivity contribution in [3.05, 3.63) is 69.5 Å². The third-order valence-corrected chi connectivity index (χ3v) is 4.75. The lowest BCUT2D eigenvalue weighted by atomic mass is 10.1. The van der Waals surface area contributed by atoms with Crippen molar-refractivity contribution in [1.29, 1.82) is 0 Å². The van der Waals surface area contributed by atoms with Crippen LogP contribution in [0.1, 0.15) is 22.8 Å². The summed E-state index contributed by atoms with van der Waals surface area (Å²) in [6.45, 7) is 1.97. The molecule has 0 amide bonds. The minimum atomic E-state index is -0.469. The van der Waals surface area contributed by atoms with E-state index in [1.165, 1.54) is 17.4 Å². The number of carbonyl (C=O) groups is 1. The zero-order chi connectivity index (χ0) is 17.4. The van der Waals surface area contributed by atoms with Crippen molar-refractivity contribution in [2.75, 3.05) is 0 Å². The SMILES string of the molecule is CCc1cc(=O)oc2cc(OC(=O)c3ccc4ncsc4c3)ccc12. The van der Waals surface area contributed by atoms with Crippen LogP contribution in [0.4, 0.5) is 0 Å². The molecule has 2 aromatic carbocycles. The lowest BCUT2D eigenvalue weighted by Gasteiger charge is -2.07. The number of nitrogens with zero attached hydrogens (tertiary/aromatic N) is 1. The van der Waals surface area contributed by atoms with Crippen LogP contribution in [-0.4, -0.2) is 11.0 Å². The molecule has 2 heterocycles. The Labute approximate surface area is 146 Å². The molecular formula is C19H13NO4S. The van der Waals surface area contributed by atoms with Crippen molar-refractivity contribution in [3.8, 4) is 5.75 Å². The van der Waals surface area contributed by atoms with Gasteiger partial charge in [-0.2, -0.15) is 0 Å². The highest BCUT2D eigenvalue weighted by atomic mass is 32.1. The van der Waals surface area contributed by atoms with Crippen LogP contribution in [-0.2, 0) is 6.42 Å². The average Bonchev–Trinajstić information content (AvgIpc) is 3.08. The predicted molar refractivity (Wildman–Crippen MR) is 96.4 cm³/mol. The van der Waals surface area contributed by atoms with Gasteiger partial charge in [-0.05, 0) is 42.3 Å². The van der Waals surface area contributed by atoms with Gasteiger partial charge in [0.25, 0.3) is 0 Å². The van der Waals surface area contributed by atoms with Crippen LogP contribution >= 0.6 is 11.3 Å². The van der Waals surface area contributed by atoms with Crippen LogP contribution in [0, 0.1) is 0 Å². The summed E-state index contributed by atoms with van der Waals surface area (Å²) < 4.78 is 11.6. The maximum atomic E-state index is 12.4. The summed E-state index contributed by atoms with van der Waals surface area (Å²) in [5, 5.41) is 0.841. The second-order valence-corrected chi connectivity index (χ2v) is 6.41. The molecule has 0 saturated heterocycles. The maximum absolute atomic E-state index is 12.4. The fraction of sp³-hybridized carbons (Fsp3) is 0.105. The molecule has 5 nitrogen and oxygen atoms in total. The van der Waals surface area contributed by atoms with E-state index in [1.54, 1.807) is 41.9 Å². The number of rotatable bonds is 3. The Morgan fingerprint density at radius 1 is 1.20 bits per heavy atom. The van der Waals surface area contributed by atoms with E-state index in [2.05, 4.69) is 4.98 Å². The summed E-state index contributed by atoms with van der Waals surface area (Å²) >= 11 is 1.46. The zero-order valence-corrected chi connectivity index (χ0v) is 14.1. The summed E-state index contributed by atoms with van der Waals surface area (Å²) in [6, 6.07) is 11.8. The third kappa shape index (κ3) is 2.92. The second kappa shape index (κ2) is 6.14. The Morgan fingerprint density at radius 2 is 2.08 bits per heavy atom. The number of hydrogen-bond donors (Lipinski definition) is 0. The molecule has 0 radical (unpaired) electrons. The highest BCUT2D eigenvalue weighted by molar-refractivity contribution is 7.16. The fourth-order valence-electron chi connectivity index (χ4n) is 2.71. The van der Waals surface area contributed by atoms with Crippen LogP contribution in [0.3, 0.4) is 0 Å². The quantitative estimate of drug-likeness (QED) is 0.314. The minimum Gasteiger partial charge on any atom is -0.423 e. The fourth-order valence-corrected chi connectivity index (χ4v) is 3.43. The molecule has 0 bridgehead atoms. The Balaban J connectivity index is 1.67. The first-order valence-electron chi connectivity index (χ1n) is 7.76. The van der Waals surface area contributed by atoms with Gasteiger partial charge in [-0.1, -0.05) is 6.92 Å². The van der Waals surface area contributed by atoms with Gasteiger partial charge in [-0.25, -0.2) is 14.6 Å². The Kier molecular flexibility index (Phi) is 3.82. The van der Waals surface area contributed by atoms with E-state index in [0.717, 1.165) is 27.6 Å². The number of thiazole rings is 1. The van der Waals surface area contributed by atoms with E-state index in [9.17, 15) is 9.59 Å². The van der Waals surface area contributed by atoms with E-state index in [-0.39, 0.29) is 0 Å². The molecule has 6 heteroatoms. The molecule has 4 aromatic rings. The zero-order valence-electron chi connectivity index (χ0n) is 13.3. The van der Waals surface area contributed by atoms with Crippen molar-refractivity contribution in [2.24, 2.45) is 0 Å². The van der Waals surface area contributed by atoms with Gasteiger partial charge in [0.1, 0.15) is 11.3 Å². The van der Waals surface area contributed by atoms with Crippen molar-refractivity contribution in [1.82, 2.24) is 4.98 Å². The molecule has 0 unspecified atom stereocenters. The van der Waals surface area contributed by atoms with Gasteiger partial charge in [0.2, 0.25) is 0 Å². The van der Waals surface area contributed by atoms with Crippen molar-refractivity contribution >= 4 is 38.5 Å². The third-order valence-electron chi connectivity index (χ3n) is 3.96. The monoisotopic (exact) mass is 351 g/mol. The lowest BCUT2D eigenvalue weighted by molar-refractivity contribution is 0.0735. The lowest BCUT2D eigenvalue weighted by Crippen LogP contribution is -2.08. The van der Waals surface area contributed by atoms with Gasteiger partial charge < -0.3 is 9.15 Å². The van der Waals surface area contributed by atoms with Gasteiger partial charge >= 0.3 is 11.6 Å². The van der Waals surface area contributed by atoms with E-state index in [1.807, 2.05) is 6.92 Å². The molecule has 0 fully saturated rings. The maximum Gasteiger partial charge on any atom is 0.343 e. The first-order valence-corrected chi connectivity index (χ1v) is 8.64. The van der Waals surface area contributed by atoms with E-state index in [0.29, 0.717) is 16.9 Å². The van der Waals surface area contributed by atoms with Gasteiger partial charge in [0, 0.05) is 17.5 Å². The first kappa shape index (κ1) is 15.5. The van der Waals surface area contributed by atoms with Gasteiger partial charge in [-0.15, -0.1) is 11.3 Å². The van der Waals surface area contributed by atoms with Gasteiger partial charge in [0.15, 0.2) is 0 Å². The number of carbonyl (C=O) groups excluding carboxylic acids is 1. The Bertz CT molecular complexity index is 1160. The molecule has 2 aromatic heterocycles. The predicted octanol–water partition coefficient (Wildman–Crippen LogP) is 4.18. The van der Waals surface area contributed by atoms with E-state index < -0.39 is 11.6 Å². The largest absolute Gasteiger partial charge is 0.423 e. The Hall–Kier alpha value is -2.99. The molecule has 0 atom stereocenters. The van der Waals surface area contributed by atoms with Gasteiger partial charge in [-0.3, -0.25) is 0 Å². The number of aromatic nitrogens is 1. The summed E-state index contributed by atoms with van der Waals surface area (Å²) in [4.78, 5) is 28.2. The van der Waals surface area contributed by atoms with Crippen LogP contribution < -0.4 is 10.4 Å². The van der Waals surface area contributed by atoms with E-state index in [4.69, 9.17) is 9.15 Å². The number of hydrogen-bond acceptors (Lipinski definition) is 6. The molecule has 4 rings (SSSR count). The summed E-state index contributed by atoms with van der Waals surface area (Å²) in [7, 11) is 0. The summed E-state index contributed by atoms with van der Waals surface area (Å²) in [5.41, 5.74) is 3.92. The summed E-state index contributed by atoms with van der Waals surface area (Å²) in [6.07, 6.45) is 0.718. The van der Waals surface area contributed by atoms with Crippen molar-refractivity contribution < 1.29 is 13.9 Å². The van der Waals surface area contributed by atoms with Crippen LogP contribution in [0.15, 0.2) is 57.2 Å². The number of esters is 1. The van der Waals surface area contributed by atoms with Crippen molar-refractivity contribution in [2.45, 2.75) is 13.3 Å². The molecule has 0 aliphatic rings. The average molecular weight is 351 g/mol. The molecule has 0 aliphatic heterocycles. The second-order valence-electron chi connectivity index (χ2n) is 5.53. The number of ether oxygens (including phenoxy) is 1. The number of aryl methyl sites for hydroxylation is 1. The molecule has 0 spiro atoms. The standard InChI is InChI=1S/C19H13NO4S/c1-2-11-8-18(21)24-16-9-13(4-5-14(11)16)23-19(22)12-3-6-15-17(7-12)25-10-20-15/h3-10H,2H2,1H3. The highest BCUT2D eigenvalue weighted by Crippen LogP contribution is 2.24. The molecule has 0 aliphatic carbocycles. The smallest absolute Gasteiger partial charge is 0.343 e. The van der Waals surface area contributed by atoms with Crippen LogP contribution in [0.5, 0.6) is 5.75 Å². The van der Waals surface area contributed by atoms with Crippen LogP contribution in [0.2, 0.25) is 0 Å². The minimum absolute atomic E-state index is 0.332. The van der Waals surface area contributed by atoms with Crippen LogP contribution in [0.25, 0.3) is 21.2 Å². The molecule has 25 heavy (non-hydrogen) atoms. The topological polar surface area (TPSA) is 69.4 Å². The molecule has 0 N–H and O–H groups in total. The highest BCUT2D eigenvalue weighted by Gasteiger charge is 2.12. The number of benzene rings is 2. The van der Waals surface area contributed by atoms with E-state index >= 15 is 0 Å². The summed E-state index contributed by atoms with van der Waals surface area (Å²) in [5.74, 6) is -0.137. The molecule has 0 saturated carbocycles. The van der Waals surface area contributed by atoms with Crippen molar-refractivity contribution in [3.63, 3.8) is 0 Å². The number of fused-ring (bicyclic) bond motifs is 2. The molecular weight excluding hydrogens is 338 g/mol. The molecule has 124 valence electrons. The van der Waals surface area contributed by atoms with Gasteiger partial charge in [0.05, 0.1) is 21.3 Å². The Morgan fingerprint density at radius 3 is 2.92 bits per heavy atom. The normalized spacial score (nSPS) is 11.1.